The summed E-state index contributed by atoms with van der Waals surface area (Å²) in [5, 5.41) is 7.80. The zero-order valence-corrected chi connectivity index (χ0v) is 10.0. The number of nitrogens with zero attached hydrogens (tertiary/aromatic N) is 3. The Bertz CT molecular complexity index is 551. The second kappa shape index (κ2) is 5.22. The molecule has 0 atom stereocenters. The van der Waals surface area contributed by atoms with Crippen molar-refractivity contribution in [3.05, 3.63) is 35.7 Å². The van der Waals surface area contributed by atoms with Gasteiger partial charge < -0.3 is 10.3 Å². The number of hydrogen-bond acceptors (Lipinski definition) is 3. The van der Waals surface area contributed by atoms with Crippen molar-refractivity contribution in [3.8, 4) is 11.4 Å². The number of hydrogen-bond donors (Lipinski definition) is 1. The molecule has 0 aliphatic carbocycles. The van der Waals surface area contributed by atoms with Crippen LogP contribution in [0.4, 0.5) is 8.78 Å². The number of rotatable bonds is 4. The van der Waals surface area contributed by atoms with Gasteiger partial charge in [-0.25, -0.2) is 8.78 Å². The van der Waals surface area contributed by atoms with Crippen LogP contribution < -0.4 is 5.73 Å². The number of benzene rings is 1. The van der Waals surface area contributed by atoms with E-state index in [1.807, 2.05) is 6.92 Å². The fraction of sp³-hybridized carbons (Fsp3) is 0.333. The van der Waals surface area contributed by atoms with Gasteiger partial charge >= 0.3 is 0 Å². The maximum Gasteiger partial charge on any atom is 0.169 e. The van der Waals surface area contributed by atoms with Gasteiger partial charge in [0.25, 0.3) is 0 Å². The summed E-state index contributed by atoms with van der Waals surface area (Å²) in [6, 6.07) is 4.00. The lowest BCUT2D eigenvalue weighted by atomic mass is 10.2. The molecule has 1 aromatic carbocycles. The molecule has 1 aromatic heterocycles. The highest BCUT2D eigenvalue weighted by atomic mass is 19.2. The molecule has 1 heterocycles. The molecule has 0 unspecified atom stereocenters. The van der Waals surface area contributed by atoms with E-state index < -0.39 is 11.6 Å². The molecule has 2 rings (SSSR count). The van der Waals surface area contributed by atoms with Crippen LogP contribution in [0.5, 0.6) is 0 Å². The SMILES string of the molecule is CCCn1c(CN)nnc1-c1cccc(F)c1F. The van der Waals surface area contributed by atoms with E-state index in [1.165, 1.54) is 12.1 Å². The number of nitrogens with two attached hydrogens (primary N) is 1. The van der Waals surface area contributed by atoms with Crippen molar-refractivity contribution in [1.29, 1.82) is 0 Å². The second-order valence-electron chi connectivity index (χ2n) is 3.90. The summed E-state index contributed by atoms with van der Waals surface area (Å²) in [5.41, 5.74) is 5.66. The van der Waals surface area contributed by atoms with Gasteiger partial charge in [0, 0.05) is 6.54 Å². The quantitative estimate of drug-likeness (QED) is 0.906. The Morgan fingerprint density at radius 3 is 2.72 bits per heavy atom. The summed E-state index contributed by atoms with van der Waals surface area (Å²) < 4.78 is 28.7. The summed E-state index contributed by atoms with van der Waals surface area (Å²) >= 11 is 0. The molecule has 2 N–H and O–H groups in total. The predicted molar refractivity (Wildman–Crippen MR) is 63.6 cm³/mol. The first-order valence-electron chi connectivity index (χ1n) is 5.75. The normalized spacial score (nSPS) is 10.9. The highest BCUT2D eigenvalue weighted by molar-refractivity contribution is 5.56. The molecule has 0 radical (unpaired) electrons. The van der Waals surface area contributed by atoms with E-state index in [1.54, 1.807) is 4.57 Å². The van der Waals surface area contributed by atoms with E-state index in [0.717, 1.165) is 12.5 Å². The second-order valence-corrected chi connectivity index (χ2v) is 3.90. The minimum atomic E-state index is -0.911. The van der Waals surface area contributed by atoms with Gasteiger partial charge in [-0.1, -0.05) is 13.0 Å². The smallest absolute Gasteiger partial charge is 0.169 e. The van der Waals surface area contributed by atoms with Crippen LogP contribution in [-0.2, 0) is 13.1 Å². The van der Waals surface area contributed by atoms with Gasteiger partial charge in [-0.05, 0) is 18.6 Å². The molecule has 0 bridgehead atoms. The average Bonchev–Trinajstić information content (AvgIpc) is 2.76. The summed E-state index contributed by atoms with van der Waals surface area (Å²) in [7, 11) is 0. The van der Waals surface area contributed by atoms with Gasteiger partial charge in [0.15, 0.2) is 17.5 Å². The van der Waals surface area contributed by atoms with Gasteiger partial charge in [0.05, 0.1) is 12.1 Å². The maximum atomic E-state index is 13.7. The van der Waals surface area contributed by atoms with Crippen molar-refractivity contribution in [2.24, 2.45) is 5.73 Å². The largest absolute Gasteiger partial charge is 0.324 e. The summed E-state index contributed by atoms with van der Waals surface area (Å²) in [4.78, 5) is 0. The first kappa shape index (κ1) is 12.6. The Hall–Kier alpha value is -1.82. The maximum absolute atomic E-state index is 13.7. The van der Waals surface area contributed by atoms with Crippen LogP contribution >= 0.6 is 0 Å². The summed E-state index contributed by atoms with van der Waals surface area (Å²) in [6.45, 7) is 2.81. The molecule has 0 aliphatic rings. The third-order valence-electron chi connectivity index (χ3n) is 2.65. The standard InChI is InChI=1S/C12H14F2N4/c1-2-6-18-10(7-15)16-17-12(18)8-4-3-5-9(13)11(8)14/h3-5H,2,6-7,15H2,1H3. The van der Waals surface area contributed by atoms with Crippen molar-refractivity contribution in [3.63, 3.8) is 0 Å². The van der Waals surface area contributed by atoms with Crippen LogP contribution in [0, 0.1) is 11.6 Å². The van der Waals surface area contributed by atoms with E-state index in [4.69, 9.17) is 5.73 Å². The zero-order valence-electron chi connectivity index (χ0n) is 10.0. The molecule has 6 heteroatoms. The average molecular weight is 252 g/mol. The van der Waals surface area contributed by atoms with E-state index in [2.05, 4.69) is 10.2 Å². The lowest BCUT2D eigenvalue weighted by Crippen LogP contribution is -2.10. The van der Waals surface area contributed by atoms with E-state index in [9.17, 15) is 8.78 Å². The van der Waals surface area contributed by atoms with Crippen LogP contribution in [-0.4, -0.2) is 14.8 Å². The first-order chi connectivity index (χ1) is 8.69. The monoisotopic (exact) mass is 252 g/mol. The molecular formula is C12H14F2N4. The molecule has 96 valence electrons. The molecule has 18 heavy (non-hydrogen) atoms. The Morgan fingerprint density at radius 1 is 1.28 bits per heavy atom. The molecule has 0 fully saturated rings. The molecule has 2 aromatic rings. The third kappa shape index (κ3) is 2.11. The zero-order chi connectivity index (χ0) is 13.1. The topological polar surface area (TPSA) is 56.7 Å². The number of halogens is 2. The summed E-state index contributed by atoms with van der Waals surface area (Å²) in [6.07, 6.45) is 0.828. The lowest BCUT2D eigenvalue weighted by molar-refractivity contribution is 0.509. The Morgan fingerprint density at radius 2 is 2.06 bits per heavy atom. The summed E-state index contributed by atoms with van der Waals surface area (Å²) in [5.74, 6) is -0.927. The molecule has 4 nitrogen and oxygen atoms in total. The molecule has 0 spiro atoms. The van der Waals surface area contributed by atoms with Crippen LogP contribution in [0.3, 0.4) is 0 Å². The molecule has 0 amide bonds. The van der Waals surface area contributed by atoms with Crippen LogP contribution in [0.1, 0.15) is 19.2 Å². The molecular weight excluding hydrogens is 238 g/mol. The number of aromatic nitrogens is 3. The van der Waals surface area contributed by atoms with Gasteiger partial charge in [-0.15, -0.1) is 10.2 Å². The van der Waals surface area contributed by atoms with Gasteiger partial charge in [0.1, 0.15) is 5.82 Å². The minimum absolute atomic E-state index is 0.107. The van der Waals surface area contributed by atoms with Gasteiger partial charge in [-0.3, -0.25) is 0 Å². The van der Waals surface area contributed by atoms with E-state index in [0.29, 0.717) is 18.2 Å². The Balaban J connectivity index is 2.56. The van der Waals surface area contributed by atoms with Crippen molar-refractivity contribution < 1.29 is 8.78 Å². The van der Waals surface area contributed by atoms with E-state index in [-0.39, 0.29) is 12.1 Å². The first-order valence-corrected chi connectivity index (χ1v) is 5.75. The van der Waals surface area contributed by atoms with Crippen LogP contribution in [0.25, 0.3) is 11.4 Å². The molecule has 0 saturated heterocycles. The molecule has 0 aliphatic heterocycles. The van der Waals surface area contributed by atoms with Crippen molar-refractivity contribution in [2.75, 3.05) is 0 Å². The fourth-order valence-corrected chi connectivity index (χ4v) is 1.82. The predicted octanol–water partition coefficient (Wildman–Crippen LogP) is 2.09. The molecule has 0 saturated carbocycles. The van der Waals surface area contributed by atoms with Crippen molar-refractivity contribution in [2.45, 2.75) is 26.4 Å². The van der Waals surface area contributed by atoms with Crippen LogP contribution in [0.2, 0.25) is 0 Å². The lowest BCUT2D eigenvalue weighted by Gasteiger charge is -2.08. The highest BCUT2D eigenvalue weighted by Crippen LogP contribution is 2.23. The van der Waals surface area contributed by atoms with E-state index >= 15 is 0 Å². The third-order valence-corrected chi connectivity index (χ3v) is 2.65. The van der Waals surface area contributed by atoms with Crippen molar-refractivity contribution in [1.82, 2.24) is 14.8 Å². The Labute approximate surface area is 103 Å². The van der Waals surface area contributed by atoms with Gasteiger partial charge in [0.2, 0.25) is 0 Å². The van der Waals surface area contributed by atoms with Gasteiger partial charge in [-0.2, -0.15) is 0 Å². The van der Waals surface area contributed by atoms with Crippen LogP contribution in [0.15, 0.2) is 18.2 Å². The minimum Gasteiger partial charge on any atom is -0.324 e. The highest BCUT2D eigenvalue weighted by Gasteiger charge is 2.17. The Kier molecular flexibility index (Phi) is 3.66. The fourth-order valence-electron chi connectivity index (χ4n) is 1.82. The van der Waals surface area contributed by atoms with Crippen molar-refractivity contribution >= 4 is 0 Å².